The summed E-state index contributed by atoms with van der Waals surface area (Å²) in [5, 5.41) is 0. The minimum absolute atomic E-state index is 0.0970. The summed E-state index contributed by atoms with van der Waals surface area (Å²) in [5.41, 5.74) is 2.06. The highest BCUT2D eigenvalue weighted by Crippen LogP contribution is 2.31. The Labute approximate surface area is 161 Å². The van der Waals surface area contributed by atoms with E-state index in [1.807, 2.05) is 55.6 Å². The molecule has 3 rings (SSSR count). The Hall–Kier alpha value is -2.53. The summed E-state index contributed by atoms with van der Waals surface area (Å²) in [6, 6.07) is 15.6. The van der Waals surface area contributed by atoms with E-state index in [9.17, 15) is 4.79 Å². The van der Waals surface area contributed by atoms with Crippen molar-refractivity contribution >= 4 is 5.91 Å². The molecule has 0 saturated heterocycles. The number of rotatable bonds is 7. The summed E-state index contributed by atoms with van der Waals surface area (Å²) < 4.78 is 11.2. The Morgan fingerprint density at radius 3 is 2.33 bits per heavy atom. The molecule has 1 aliphatic heterocycles. The van der Waals surface area contributed by atoms with E-state index < -0.39 is 0 Å². The minimum atomic E-state index is -0.275. The van der Waals surface area contributed by atoms with Gasteiger partial charge in [-0.25, -0.2) is 0 Å². The molecule has 0 fully saturated rings. The zero-order valence-corrected chi connectivity index (χ0v) is 16.4. The molecule has 0 aromatic heterocycles. The summed E-state index contributed by atoms with van der Waals surface area (Å²) in [6.07, 6.45) is 0. The maximum absolute atomic E-state index is 13.3. The maximum Gasteiger partial charge on any atom is 0.244 e. The van der Waals surface area contributed by atoms with E-state index in [0.29, 0.717) is 19.8 Å². The van der Waals surface area contributed by atoms with E-state index in [4.69, 9.17) is 9.47 Å². The van der Waals surface area contributed by atoms with Crippen LogP contribution in [0.15, 0.2) is 48.5 Å². The highest BCUT2D eigenvalue weighted by molar-refractivity contribution is 5.83. The molecule has 144 valence electrons. The molecule has 1 unspecified atom stereocenters. The Balaban J connectivity index is 1.79. The summed E-state index contributed by atoms with van der Waals surface area (Å²) >= 11 is 0. The van der Waals surface area contributed by atoms with E-state index in [0.717, 1.165) is 35.7 Å². The lowest BCUT2D eigenvalue weighted by Crippen LogP contribution is -2.41. The largest absolute Gasteiger partial charge is 0.486 e. The molecule has 1 amide bonds. The monoisotopic (exact) mass is 368 g/mol. The number of benzene rings is 2. The van der Waals surface area contributed by atoms with Gasteiger partial charge in [0, 0.05) is 13.6 Å². The van der Waals surface area contributed by atoms with Crippen LogP contribution in [-0.4, -0.2) is 49.1 Å². The fourth-order valence-corrected chi connectivity index (χ4v) is 3.48. The second-order valence-electron chi connectivity index (χ2n) is 6.71. The van der Waals surface area contributed by atoms with Crippen molar-refractivity contribution in [2.45, 2.75) is 26.4 Å². The van der Waals surface area contributed by atoms with E-state index >= 15 is 0 Å². The molecule has 0 spiro atoms. The van der Waals surface area contributed by atoms with Gasteiger partial charge in [0.05, 0.1) is 0 Å². The van der Waals surface area contributed by atoms with Crippen molar-refractivity contribution in [2.75, 3.05) is 33.4 Å². The molecule has 27 heavy (non-hydrogen) atoms. The molecule has 2 aromatic rings. The van der Waals surface area contributed by atoms with Crippen molar-refractivity contribution < 1.29 is 14.3 Å². The van der Waals surface area contributed by atoms with Crippen molar-refractivity contribution in [3.05, 3.63) is 59.7 Å². The van der Waals surface area contributed by atoms with Crippen LogP contribution >= 0.6 is 0 Å². The lowest BCUT2D eigenvalue weighted by atomic mass is 10.0. The topological polar surface area (TPSA) is 42.0 Å². The van der Waals surface area contributed by atoms with Crippen LogP contribution in [0.1, 0.15) is 31.0 Å². The molecule has 2 aromatic carbocycles. The summed E-state index contributed by atoms with van der Waals surface area (Å²) in [7, 11) is 1.86. The molecule has 0 N–H and O–H groups in total. The van der Waals surface area contributed by atoms with Gasteiger partial charge < -0.3 is 14.4 Å². The van der Waals surface area contributed by atoms with E-state index in [1.54, 1.807) is 4.90 Å². The van der Waals surface area contributed by atoms with Crippen LogP contribution in [0.25, 0.3) is 0 Å². The van der Waals surface area contributed by atoms with Gasteiger partial charge in [-0.3, -0.25) is 9.69 Å². The smallest absolute Gasteiger partial charge is 0.244 e. The highest BCUT2D eigenvalue weighted by Gasteiger charge is 2.28. The molecule has 1 atom stereocenters. The number of carbonyl (C=O) groups excluding carboxylic acids is 1. The molecule has 0 bridgehead atoms. The van der Waals surface area contributed by atoms with Gasteiger partial charge in [0.15, 0.2) is 11.5 Å². The van der Waals surface area contributed by atoms with Gasteiger partial charge in [0.2, 0.25) is 5.91 Å². The first-order valence-corrected chi connectivity index (χ1v) is 9.56. The van der Waals surface area contributed by atoms with Crippen LogP contribution in [0.4, 0.5) is 0 Å². The second kappa shape index (κ2) is 8.91. The quantitative estimate of drug-likeness (QED) is 0.750. The maximum atomic E-state index is 13.3. The van der Waals surface area contributed by atoms with Gasteiger partial charge >= 0.3 is 0 Å². The zero-order valence-electron chi connectivity index (χ0n) is 16.4. The van der Waals surface area contributed by atoms with Crippen molar-refractivity contribution in [1.82, 2.24) is 9.80 Å². The average molecular weight is 368 g/mol. The Morgan fingerprint density at radius 1 is 1.00 bits per heavy atom. The molecule has 0 radical (unpaired) electrons. The minimum Gasteiger partial charge on any atom is -0.486 e. The van der Waals surface area contributed by atoms with Crippen LogP contribution in [0.2, 0.25) is 0 Å². The van der Waals surface area contributed by atoms with Crippen LogP contribution in [0.3, 0.4) is 0 Å². The number of hydrogen-bond donors (Lipinski definition) is 0. The second-order valence-corrected chi connectivity index (χ2v) is 6.71. The fraction of sp³-hybridized carbons (Fsp3) is 0.409. The lowest BCUT2D eigenvalue weighted by molar-refractivity contribution is -0.136. The molecular weight excluding hydrogens is 340 g/mol. The number of likely N-dealkylation sites (N-methyl/N-ethyl adjacent to an activating group) is 2. The Kier molecular flexibility index (Phi) is 6.35. The van der Waals surface area contributed by atoms with Gasteiger partial charge in [-0.1, -0.05) is 50.2 Å². The summed E-state index contributed by atoms with van der Waals surface area (Å²) in [4.78, 5) is 17.3. The molecule has 5 nitrogen and oxygen atoms in total. The molecule has 5 heteroatoms. The van der Waals surface area contributed by atoms with Gasteiger partial charge in [0.25, 0.3) is 0 Å². The van der Waals surface area contributed by atoms with Crippen LogP contribution < -0.4 is 9.47 Å². The third kappa shape index (κ3) is 4.42. The van der Waals surface area contributed by atoms with Gasteiger partial charge in [-0.2, -0.15) is 0 Å². The van der Waals surface area contributed by atoms with Crippen LogP contribution in [0.5, 0.6) is 11.5 Å². The number of amides is 1. The van der Waals surface area contributed by atoms with Crippen molar-refractivity contribution in [3.63, 3.8) is 0 Å². The zero-order chi connectivity index (χ0) is 19.2. The first-order valence-electron chi connectivity index (χ1n) is 9.56. The first-order chi connectivity index (χ1) is 13.1. The summed E-state index contributed by atoms with van der Waals surface area (Å²) in [6.45, 7) is 7.48. The molecular formula is C22H28N2O3. The van der Waals surface area contributed by atoms with Crippen molar-refractivity contribution in [3.8, 4) is 11.5 Å². The third-order valence-corrected chi connectivity index (χ3v) is 4.93. The summed E-state index contributed by atoms with van der Waals surface area (Å²) in [5.74, 6) is 1.62. The SMILES string of the molecule is CCN(CC)C(C(=O)N(C)Cc1ccc2c(c1)OCCO2)c1ccccc1. The van der Waals surface area contributed by atoms with E-state index in [1.165, 1.54) is 0 Å². The molecule has 1 aliphatic rings. The van der Waals surface area contributed by atoms with Crippen LogP contribution in [-0.2, 0) is 11.3 Å². The van der Waals surface area contributed by atoms with Gasteiger partial charge in [0.1, 0.15) is 19.3 Å². The van der Waals surface area contributed by atoms with E-state index in [2.05, 4.69) is 18.7 Å². The molecule has 0 aliphatic carbocycles. The number of ether oxygens (including phenoxy) is 2. The number of nitrogens with zero attached hydrogens (tertiary/aromatic N) is 2. The number of hydrogen-bond acceptors (Lipinski definition) is 4. The Bertz CT molecular complexity index is 759. The fourth-order valence-electron chi connectivity index (χ4n) is 3.48. The normalized spacial score (nSPS) is 14.1. The lowest BCUT2D eigenvalue weighted by Gasteiger charge is -2.32. The number of carbonyl (C=O) groups is 1. The standard InChI is InChI=1S/C22H28N2O3/c1-4-24(5-2)21(18-9-7-6-8-10-18)22(25)23(3)16-17-11-12-19-20(15-17)27-14-13-26-19/h6-12,15,21H,4-5,13-14,16H2,1-3H3. The average Bonchev–Trinajstić information content (AvgIpc) is 2.72. The van der Waals surface area contributed by atoms with Crippen molar-refractivity contribution in [1.29, 1.82) is 0 Å². The predicted molar refractivity (Wildman–Crippen MR) is 106 cm³/mol. The van der Waals surface area contributed by atoms with Crippen LogP contribution in [0, 0.1) is 0 Å². The number of fused-ring (bicyclic) bond motifs is 1. The van der Waals surface area contributed by atoms with Gasteiger partial charge in [-0.05, 0) is 36.3 Å². The van der Waals surface area contributed by atoms with Crippen molar-refractivity contribution in [2.24, 2.45) is 0 Å². The third-order valence-electron chi connectivity index (χ3n) is 4.93. The first kappa shape index (κ1) is 19.2. The molecule has 1 heterocycles. The molecule has 0 saturated carbocycles. The van der Waals surface area contributed by atoms with E-state index in [-0.39, 0.29) is 11.9 Å². The Morgan fingerprint density at radius 2 is 1.67 bits per heavy atom. The predicted octanol–water partition coefficient (Wildman–Crippen LogP) is 3.50. The highest BCUT2D eigenvalue weighted by atomic mass is 16.6. The van der Waals surface area contributed by atoms with Gasteiger partial charge in [-0.15, -0.1) is 0 Å².